The Hall–Kier alpha value is -2.82. The molecular formula is C22H18Cl2N2O2. The largest absolute Gasteiger partial charge is 0.332 e. The van der Waals surface area contributed by atoms with Crippen LogP contribution in [-0.2, 0) is 4.79 Å². The fourth-order valence-corrected chi connectivity index (χ4v) is 3.23. The van der Waals surface area contributed by atoms with E-state index in [1.807, 2.05) is 42.5 Å². The summed E-state index contributed by atoms with van der Waals surface area (Å²) in [5.41, 5.74) is 2.94. The third-order valence-electron chi connectivity index (χ3n) is 4.19. The van der Waals surface area contributed by atoms with Gasteiger partial charge in [-0.2, -0.15) is 0 Å². The van der Waals surface area contributed by atoms with Gasteiger partial charge in [-0.05, 0) is 35.4 Å². The molecule has 0 aromatic heterocycles. The summed E-state index contributed by atoms with van der Waals surface area (Å²) in [6, 6.07) is 22.1. The fourth-order valence-electron chi connectivity index (χ4n) is 2.74. The van der Waals surface area contributed by atoms with Gasteiger partial charge in [0.25, 0.3) is 5.91 Å². The van der Waals surface area contributed by atoms with E-state index >= 15 is 0 Å². The molecule has 0 bridgehead atoms. The van der Waals surface area contributed by atoms with Gasteiger partial charge in [-0.3, -0.25) is 9.59 Å². The lowest BCUT2D eigenvalue weighted by molar-refractivity contribution is -0.116. The first-order chi connectivity index (χ1) is 13.5. The van der Waals surface area contributed by atoms with Gasteiger partial charge in [-0.25, -0.2) is 0 Å². The maximum Gasteiger partial charge on any atom is 0.254 e. The van der Waals surface area contributed by atoms with Crippen molar-refractivity contribution >= 4 is 40.7 Å². The molecule has 28 heavy (non-hydrogen) atoms. The Morgan fingerprint density at radius 1 is 0.821 bits per heavy atom. The van der Waals surface area contributed by atoms with Gasteiger partial charge in [-0.1, -0.05) is 71.7 Å². The molecule has 3 aromatic rings. The molecule has 4 nitrogen and oxygen atoms in total. The van der Waals surface area contributed by atoms with E-state index in [2.05, 4.69) is 5.32 Å². The number of anilines is 1. The summed E-state index contributed by atoms with van der Waals surface area (Å²) < 4.78 is 0. The monoisotopic (exact) mass is 412 g/mol. The van der Waals surface area contributed by atoms with Crippen molar-refractivity contribution in [2.24, 2.45) is 0 Å². The van der Waals surface area contributed by atoms with Crippen LogP contribution in [0.1, 0.15) is 10.4 Å². The van der Waals surface area contributed by atoms with Crippen molar-refractivity contribution in [1.29, 1.82) is 0 Å². The summed E-state index contributed by atoms with van der Waals surface area (Å²) in [6.07, 6.45) is 0. The van der Waals surface area contributed by atoms with E-state index in [9.17, 15) is 9.59 Å². The predicted octanol–water partition coefficient (Wildman–Crippen LogP) is 5.37. The van der Waals surface area contributed by atoms with Crippen LogP contribution in [0.25, 0.3) is 11.1 Å². The molecule has 0 unspecified atom stereocenters. The van der Waals surface area contributed by atoms with Crippen LogP contribution >= 0.6 is 23.2 Å². The second kappa shape index (κ2) is 8.91. The Bertz CT molecular complexity index is 969. The van der Waals surface area contributed by atoms with Gasteiger partial charge in [-0.15, -0.1) is 0 Å². The van der Waals surface area contributed by atoms with Crippen LogP contribution in [0, 0.1) is 0 Å². The van der Waals surface area contributed by atoms with Gasteiger partial charge >= 0.3 is 0 Å². The summed E-state index contributed by atoms with van der Waals surface area (Å²) in [5, 5.41) is 3.33. The Kier molecular flexibility index (Phi) is 6.34. The second-order valence-corrected chi connectivity index (χ2v) is 7.06. The Morgan fingerprint density at radius 2 is 1.39 bits per heavy atom. The van der Waals surface area contributed by atoms with Crippen molar-refractivity contribution in [3.05, 3.63) is 88.4 Å². The molecule has 1 N–H and O–H groups in total. The molecule has 0 heterocycles. The van der Waals surface area contributed by atoms with E-state index in [4.69, 9.17) is 23.2 Å². The number of hydrogen-bond donors (Lipinski definition) is 1. The zero-order chi connectivity index (χ0) is 20.1. The Balaban J connectivity index is 1.65. The number of nitrogens with zero attached hydrogens (tertiary/aromatic N) is 1. The van der Waals surface area contributed by atoms with Crippen molar-refractivity contribution in [3.8, 4) is 11.1 Å². The highest BCUT2D eigenvalue weighted by atomic mass is 35.5. The molecule has 142 valence electrons. The molecule has 0 atom stereocenters. The van der Waals surface area contributed by atoms with E-state index < -0.39 is 0 Å². The van der Waals surface area contributed by atoms with Crippen molar-refractivity contribution in [1.82, 2.24) is 4.90 Å². The minimum absolute atomic E-state index is 0.124. The van der Waals surface area contributed by atoms with Gasteiger partial charge in [0.1, 0.15) is 0 Å². The van der Waals surface area contributed by atoms with Crippen molar-refractivity contribution < 1.29 is 9.59 Å². The standard InChI is InChI=1S/C22H18Cl2N2O2/c1-26(14-20(27)25-21-18(23)8-5-9-19(21)24)22(28)17-12-10-16(11-13-17)15-6-3-2-4-7-15/h2-13H,14H2,1H3,(H,25,27). The van der Waals surface area contributed by atoms with Crippen LogP contribution in [0.4, 0.5) is 5.69 Å². The van der Waals surface area contributed by atoms with Crippen molar-refractivity contribution in [2.45, 2.75) is 0 Å². The molecule has 0 aliphatic rings. The molecule has 3 rings (SSSR count). The SMILES string of the molecule is CN(CC(=O)Nc1c(Cl)cccc1Cl)C(=O)c1ccc(-c2ccccc2)cc1. The first kappa shape index (κ1) is 19.9. The first-order valence-corrected chi connectivity index (χ1v) is 9.36. The molecule has 0 aliphatic carbocycles. The lowest BCUT2D eigenvalue weighted by Gasteiger charge is -2.18. The van der Waals surface area contributed by atoms with E-state index in [1.165, 1.54) is 4.90 Å². The molecule has 2 amide bonds. The van der Waals surface area contributed by atoms with Gasteiger partial charge in [0.15, 0.2) is 0 Å². The number of hydrogen-bond acceptors (Lipinski definition) is 2. The molecule has 0 saturated heterocycles. The number of benzene rings is 3. The highest BCUT2D eigenvalue weighted by Crippen LogP contribution is 2.29. The summed E-state index contributed by atoms with van der Waals surface area (Å²) >= 11 is 12.1. The fraction of sp³-hybridized carbons (Fsp3) is 0.0909. The number of likely N-dealkylation sites (N-methyl/N-ethyl adjacent to an activating group) is 1. The smallest absolute Gasteiger partial charge is 0.254 e. The van der Waals surface area contributed by atoms with Crippen LogP contribution in [0.3, 0.4) is 0 Å². The van der Waals surface area contributed by atoms with E-state index in [0.717, 1.165) is 11.1 Å². The van der Waals surface area contributed by atoms with Crippen LogP contribution in [0.2, 0.25) is 10.0 Å². The lowest BCUT2D eigenvalue weighted by Crippen LogP contribution is -2.35. The second-order valence-electron chi connectivity index (χ2n) is 6.25. The van der Waals surface area contributed by atoms with Gasteiger partial charge in [0, 0.05) is 12.6 Å². The molecular weight excluding hydrogens is 395 g/mol. The number of para-hydroxylation sites is 1. The molecule has 0 saturated carbocycles. The maximum atomic E-state index is 12.6. The maximum absolute atomic E-state index is 12.6. The minimum Gasteiger partial charge on any atom is -0.332 e. The zero-order valence-electron chi connectivity index (χ0n) is 15.2. The number of nitrogens with one attached hydrogen (secondary N) is 1. The topological polar surface area (TPSA) is 49.4 Å². The van der Waals surface area contributed by atoms with Crippen LogP contribution in [0.15, 0.2) is 72.8 Å². The predicted molar refractivity (Wildman–Crippen MR) is 114 cm³/mol. The quantitative estimate of drug-likeness (QED) is 0.611. The Morgan fingerprint density at radius 3 is 2.00 bits per heavy atom. The normalized spacial score (nSPS) is 10.4. The molecule has 6 heteroatoms. The number of amides is 2. The average Bonchev–Trinajstić information content (AvgIpc) is 2.71. The number of carbonyl (C=O) groups excluding carboxylic acids is 2. The lowest BCUT2D eigenvalue weighted by atomic mass is 10.0. The molecule has 3 aromatic carbocycles. The summed E-state index contributed by atoms with van der Waals surface area (Å²) in [7, 11) is 1.57. The Labute approximate surface area is 173 Å². The molecule has 0 spiro atoms. The number of carbonyl (C=O) groups is 2. The third-order valence-corrected chi connectivity index (χ3v) is 4.82. The van der Waals surface area contributed by atoms with Gasteiger partial charge in [0.05, 0.1) is 22.3 Å². The van der Waals surface area contributed by atoms with E-state index in [-0.39, 0.29) is 18.4 Å². The van der Waals surface area contributed by atoms with Crippen LogP contribution < -0.4 is 5.32 Å². The van der Waals surface area contributed by atoms with Gasteiger partial charge < -0.3 is 10.2 Å². The number of rotatable bonds is 5. The van der Waals surface area contributed by atoms with Crippen LogP contribution in [0.5, 0.6) is 0 Å². The van der Waals surface area contributed by atoms with Crippen molar-refractivity contribution in [3.63, 3.8) is 0 Å². The third kappa shape index (κ3) is 4.71. The molecule has 0 aliphatic heterocycles. The molecule has 0 radical (unpaired) electrons. The highest BCUT2D eigenvalue weighted by molar-refractivity contribution is 6.39. The summed E-state index contributed by atoms with van der Waals surface area (Å²) in [4.78, 5) is 26.2. The highest BCUT2D eigenvalue weighted by Gasteiger charge is 2.17. The van der Waals surface area contributed by atoms with Crippen LogP contribution in [-0.4, -0.2) is 30.3 Å². The minimum atomic E-state index is -0.383. The molecule has 0 fully saturated rings. The van der Waals surface area contributed by atoms with Crippen molar-refractivity contribution in [2.75, 3.05) is 18.9 Å². The summed E-state index contributed by atoms with van der Waals surface area (Å²) in [6.45, 7) is -0.124. The van der Waals surface area contributed by atoms with Gasteiger partial charge in [0.2, 0.25) is 5.91 Å². The number of halogens is 2. The summed E-state index contributed by atoms with van der Waals surface area (Å²) in [5.74, 6) is -0.633. The first-order valence-electron chi connectivity index (χ1n) is 8.60. The zero-order valence-corrected chi connectivity index (χ0v) is 16.7. The van der Waals surface area contributed by atoms with E-state index in [0.29, 0.717) is 21.3 Å². The van der Waals surface area contributed by atoms with E-state index in [1.54, 1.807) is 37.4 Å². The average molecular weight is 413 g/mol.